The van der Waals surface area contributed by atoms with Gasteiger partial charge in [0.15, 0.2) is 0 Å². The monoisotopic (exact) mass is 616 g/mol. The van der Waals surface area contributed by atoms with Crippen LogP contribution in [0.4, 0.5) is 0 Å². The Bertz CT molecular complexity index is 457. The number of aliphatic carboxylic acids is 2. The SMILES string of the molecule is CCCCCCCCCCCCCCCCCC(=O)O.CCCCCCCCCCCCCCCCCC(=O)O.O.[AlH2]. The summed E-state index contributed by atoms with van der Waals surface area (Å²) in [6, 6.07) is 0. The maximum Gasteiger partial charge on any atom is 0.303 e. The van der Waals surface area contributed by atoms with Crippen LogP contribution < -0.4 is 0 Å². The predicted octanol–water partition coefficient (Wildman–Crippen LogP) is 10.9. The Kier molecular flexibility index (Phi) is 51.6. The first-order valence-electron chi connectivity index (χ1n) is 18.0. The summed E-state index contributed by atoms with van der Waals surface area (Å²) in [6.45, 7) is 4.54. The van der Waals surface area contributed by atoms with Gasteiger partial charge in [-0.2, -0.15) is 0 Å². The number of rotatable bonds is 32. The molecular weight excluding hydrogens is 539 g/mol. The van der Waals surface area contributed by atoms with E-state index in [-0.39, 0.29) is 22.8 Å². The molecule has 0 aliphatic heterocycles. The summed E-state index contributed by atoms with van der Waals surface area (Å²) in [6.07, 6.45) is 40.4. The molecule has 42 heavy (non-hydrogen) atoms. The molecule has 0 unspecified atom stereocenters. The van der Waals surface area contributed by atoms with E-state index in [0.29, 0.717) is 12.8 Å². The van der Waals surface area contributed by atoms with E-state index in [9.17, 15) is 9.59 Å². The minimum Gasteiger partial charge on any atom is -0.481 e. The highest BCUT2D eigenvalue weighted by Gasteiger charge is 1.98. The van der Waals surface area contributed by atoms with Gasteiger partial charge in [0, 0.05) is 12.8 Å². The van der Waals surface area contributed by atoms with Crippen molar-refractivity contribution in [2.45, 2.75) is 219 Å². The molecule has 0 aromatic heterocycles. The van der Waals surface area contributed by atoms with Gasteiger partial charge in [-0.05, 0) is 12.8 Å². The highest BCUT2D eigenvalue weighted by atomic mass is 27.0. The quantitative estimate of drug-likeness (QED) is 0.0580. The molecule has 0 amide bonds. The lowest BCUT2D eigenvalue weighted by Crippen LogP contribution is -1.93. The van der Waals surface area contributed by atoms with Crippen LogP contribution in [0, 0.1) is 0 Å². The average molecular weight is 616 g/mol. The van der Waals surface area contributed by atoms with Crippen LogP contribution in [0.25, 0.3) is 0 Å². The zero-order valence-corrected chi connectivity index (χ0v) is 30.8. The van der Waals surface area contributed by atoms with E-state index in [1.807, 2.05) is 0 Å². The molecule has 253 valence electrons. The number of unbranched alkanes of at least 4 members (excludes halogenated alkanes) is 28. The number of carbonyl (C=O) groups is 2. The second-order valence-corrected chi connectivity index (χ2v) is 12.2. The fourth-order valence-corrected chi connectivity index (χ4v) is 5.30. The topological polar surface area (TPSA) is 106 Å². The van der Waals surface area contributed by atoms with Crippen LogP contribution in [0.2, 0.25) is 0 Å². The second-order valence-electron chi connectivity index (χ2n) is 12.2. The van der Waals surface area contributed by atoms with Crippen molar-refractivity contribution in [1.29, 1.82) is 0 Å². The Labute approximate surface area is 273 Å². The van der Waals surface area contributed by atoms with E-state index < -0.39 is 11.9 Å². The van der Waals surface area contributed by atoms with Crippen LogP contribution in [0.3, 0.4) is 0 Å². The summed E-state index contributed by atoms with van der Waals surface area (Å²) < 4.78 is 0. The van der Waals surface area contributed by atoms with E-state index in [1.165, 1.54) is 167 Å². The van der Waals surface area contributed by atoms with Crippen molar-refractivity contribution in [3.05, 3.63) is 0 Å². The summed E-state index contributed by atoms with van der Waals surface area (Å²) in [5.41, 5.74) is 0. The molecule has 0 aromatic carbocycles. The Morgan fingerprint density at radius 1 is 0.333 bits per heavy atom. The maximum atomic E-state index is 10.3. The first-order valence-corrected chi connectivity index (χ1v) is 18.0. The average Bonchev–Trinajstić information content (AvgIpc) is 2.93. The third-order valence-corrected chi connectivity index (χ3v) is 7.99. The third-order valence-electron chi connectivity index (χ3n) is 7.99. The number of hydrogen-bond acceptors (Lipinski definition) is 2. The van der Waals surface area contributed by atoms with Gasteiger partial charge >= 0.3 is 11.9 Å². The summed E-state index contributed by atoms with van der Waals surface area (Å²) in [5, 5.41) is 17.0. The Morgan fingerprint density at radius 2 is 0.476 bits per heavy atom. The largest absolute Gasteiger partial charge is 0.481 e. The van der Waals surface area contributed by atoms with E-state index in [1.54, 1.807) is 0 Å². The van der Waals surface area contributed by atoms with E-state index >= 15 is 0 Å². The lowest BCUT2D eigenvalue weighted by atomic mass is 10.0. The molecule has 0 aliphatic carbocycles. The Hall–Kier alpha value is -0.568. The van der Waals surface area contributed by atoms with Gasteiger partial charge < -0.3 is 15.7 Å². The van der Waals surface area contributed by atoms with Crippen molar-refractivity contribution < 1.29 is 25.3 Å². The maximum absolute atomic E-state index is 10.3. The molecule has 4 N–H and O–H groups in total. The van der Waals surface area contributed by atoms with Crippen molar-refractivity contribution in [2.24, 2.45) is 0 Å². The molecule has 0 heterocycles. The first-order chi connectivity index (χ1) is 19.5. The van der Waals surface area contributed by atoms with E-state index in [2.05, 4.69) is 13.8 Å². The lowest BCUT2D eigenvalue weighted by Gasteiger charge is -2.03. The standard InChI is InChI=1S/2C18H36O2.Al.H2O.2H/c2*1-2-3-4-5-6-7-8-9-10-11-12-13-14-15-16-17-18(19)20;;;;/h2*2-17H2,1H3,(H,19,20);;1H2;;. The molecule has 1 radical (unpaired) electrons. The molecule has 0 aliphatic rings. The molecule has 0 bridgehead atoms. The fraction of sp³-hybridized carbons (Fsp3) is 0.944. The third kappa shape index (κ3) is 52.1. The van der Waals surface area contributed by atoms with Crippen LogP contribution >= 0.6 is 0 Å². The van der Waals surface area contributed by atoms with Crippen molar-refractivity contribution in [2.75, 3.05) is 0 Å². The Balaban J connectivity index is -0.000000328. The minimum absolute atomic E-state index is 0. The Morgan fingerprint density at radius 3 is 0.619 bits per heavy atom. The molecule has 0 rings (SSSR count). The van der Waals surface area contributed by atoms with Crippen LogP contribution in [-0.2, 0) is 9.59 Å². The van der Waals surface area contributed by atoms with E-state index in [0.717, 1.165) is 25.7 Å². The van der Waals surface area contributed by atoms with Gasteiger partial charge in [-0.25, -0.2) is 0 Å². The van der Waals surface area contributed by atoms with E-state index in [4.69, 9.17) is 10.2 Å². The predicted molar refractivity (Wildman–Crippen MR) is 187 cm³/mol. The zero-order chi connectivity index (χ0) is 29.8. The molecule has 0 saturated carbocycles. The van der Waals surface area contributed by atoms with Crippen LogP contribution in [0.1, 0.15) is 219 Å². The van der Waals surface area contributed by atoms with Crippen molar-refractivity contribution >= 4 is 29.3 Å². The van der Waals surface area contributed by atoms with Gasteiger partial charge in [0.25, 0.3) is 0 Å². The highest BCUT2D eigenvalue weighted by Crippen LogP contribution is 2.15. The van der Waals surface area contributed by atoms with Crippen LogP contribution in [-0.4, -0.2) is 45.0 Å². The van der Waals surface area contributed by atoms with Gasteiger partial charge in [0.1, 0.15) is 17.4 Å². The molecule has 0 spiro atoms. The minimum atomic E-state index is -0.653. The van der Waals surface area contributed by atoms with Crippen LogP contribution in [0.5, 0.6) is 0 Å². The highest BCUT2D eigenvalue weighted by molar-refractivity contribution is 5.75. The van der Waals surface area contributed by atoms with Gasteiger partial charge in [-0.3, -0.25) is 9.59 Å². The summed E-state index contributed by atoms with van der Waals surface area (Å²) in [5.74, 6) is -1.31. The molecule has 0 saturated heterocycles. The van der Waals surface area contributed by atoms with Crippen molar-refractivity contribution in [3.8, 4) is 0 Å². The number of carboxylic acid groups (broad SMARTS) is 2. The molecular formula is C36H76AlO5. The summed E-state index contributed by atoms with van der Waals surface area (Å²) in [4.78, 5) is 20.7. The zero-order valence-electron chi connectivity index (χ0n) is 28.8. The van der Waals surface area contributed by atoms with Crippen molar-refractivity contribution in [3.63, 3.8) is 0 Å². The normalized spacial score (nSPS) is 10.3. The van der Waals surface area contributed by atoms with Gasteiger partial charge in [-0.1, -0.05) is 194 Å². The number of carboxylic acids is 2. The second kappa shape index (κ2) is 44.9. The molecule has 0 atom stereocenters. The number of hydrogen-bond donors (Lipinski definition) is 2. The van der Waals surface area contributed by atoms with Crippen molar-refractivity contribution in [1.82, 2.24) is 0 Å². The molecule has 6 heteroatoms. The first kappa shape index (κ1) is 48.3. The smallest absolute Gasteiger partial charge is 0.303 e. The molecule has 0 aromatic rings. The van der Waals surface area contributed by atoms with Gasteiger partial charge in [0.2, 0.25) is 0 Å². The molecule has 0 fully saturated rings. The summed E-state index contributed by atoms with van der Waals surface area (Å²) >= 11 is 0. The fourth-order valence-electron chi connectivity index (χ4n) is 5.30. The molecule has 5 nitrogen and oxygen atoms in total. The van der Waals surface area contributed by atoms with Gasteiger partial charge in [0.05, 0.1) is 0 Å². The summed E-state index contributed by atoms with van der Waals surface area (Å²) in [7, 11) is 0. The van der Waals surface area contributed by atoms with Gasteiger partial charge in [-0.15, -0.1) is 0 Å². The van der Waals surface area contributed by atoms with Crippen LogP contribution in [0.15, 0.2) is 0 Å². The lowest BCUT2D eigenvalue weighted by molar-refractivity contribution is -0.138.